The molecule has 7 heteroatoms. The van der Waals surface area contributed by atoms with Crippen LogP contribution in [0.1, 0.15) is 21.5 Å². The number of hydrogen-bond acceptors (Lipinski definition) is 4. The number of nitro groups is 1. The van der Waals surface area contributed by atoms with E-state index in [0.29, 0.717) is 23.1 Å². The molecule has 0 aromatic heterocycles. The second-order valence-corrected chi connectivity index (χ2v) is 7.28. The van der Waals surface area contributed by atoms with E-state index in [1.165, 1.54) is 22.9 Å². The van der Waals surface area contributed by atoms with E-state index in [1.54, 1.807) is 17.0 Å². The number of piperazine rings is 1. The van der Waals surface area contributed by atoms with E-state index in [1.807, 2.05) is 0 Å². The van der Waals surface area contributed by atoms with Gasteiger partial charge in [-0.15, -0.1) is 0 Å². The van der Waals surface area contributed by atoms with E-state index in [4.69, 9.17) is 0 Å². The van der Waals surface area contributed by atoms with Crippen LogP contribution in [-0.4, -0.2) is 41.9 Å². The molecule has 0 N–H and O–H groups in total. The van der Waals surface area contributed by atoms with Crippen molar-refractivity contribution in [1.29, 1.82) is 0 Å². The Bertz CT molecular complexity index is 861. The lowest BCUT2D eigenvalue weighted by molar-refractivity contribution is -0.385. The maximum Gasteiger partial charge on any atom is 0.284 e. The van der Waals surface area contributed by atoms with Gasteiger partial charge in [0.15, 0.2) is 0 Å². The molecule has 136 valence electrons. The van der Waals surface area contributed by atoms with E-state index >= 15 is 0 Å². The molecule has 0 unspecified atom stereocenters. The van der Waals surface area contributed by atoms with Gasteiger partial charge in [-0.1, -0.05) is 12.1 Å². The van der Waals surface area contributed by atoms with Gasteiger partial charge in [0.05, 0.1) is 9.40 Å². The molecular formula is C19H20BrN3O3. The fraction of sp³-hybridized carbons (Fsp3) is 0.316. The Hall–Kier alpha value is -2.41. The number of nitrogens with zero attached hydrogens (tertiary/aromatic N) is 3. The SMILES string of the molecule is Cc1cccc(N2CCN(C(=O)c3ccc(Br)c([N+](=O)[O-])c3)CC2)c1C. The summed E-state index contributed by atoms with van der Waals surface area (Å²) in [5.41, 5.74) is 3.97. The van der Waals surface area contributed by atoms with Gasteiger partial charge in [-0.05, 0) is 59.1 Å². The number of carbonyl (C=O) groups excluding carboxylic acids is 1. The first-order chi connectivity index (χ1) is 12.4. The molecule has 2 aromatic carbocycles. The zero-order chi connectivity index (χ0) is 18.8. The fourth-order valence-electron chi connectivity index (χ4n) is 3.20. The monoisotopic (exact) mass is 417 g/mol. The van der Waals surface area contributed by atoms with Crippen molar-refractivity contribution >= 4 is 33.2 Å². The minimum Gasteiger partial charge on any atom is -0.368 e. The van der Waals surface area contributed by atoms with Gasteiger partial charge in [0.2, 0.25) is 0 Å². The van der Waals surface area contributed by atoms with Crippen LogP contribution in [0.25, 0.3) is 0 Å². The molecule has 0 spiro atoms. The van der Waals surface area contributed by atoms with Crippen molar-refractivity contribution in [2.75, 3.05) is 31.1 Å². The maximum absolute atomic E-state index is 12.7. The highest BCUT2D eigenvalue weighted by atomic mass is 79.9. The molecule has 0 atom stereocenters. The van der Waals surface area contributed by atoms with Gasteiger partial charge in [-0.2, -0.15) is 0 Å². The predicted molar refractivity (Wildman–Crippen MR) is 105 cm³/mol. The summed E-state index contributed by atoms with van der Waals surface area (Å²) < 4.78 is 0.374. The topological polar surface area (TPSA) is 66.7 Å². The highest BCUT2D eigenvalue weighted by molar-refractivity contribution is 9.10. The maximum atomic E-state index is 12.7. The Morgan fingerprint density at radius 3 is 2.46 bits per heavy atom. The van der Waals surface area contributed by atoms with Crippen LogP contribution in [0.4, 0.5) is 11.4 Å². The summed E-state index contributed by atoms with van der Waals surface area (Å²) in [5.74, 6) is -0.166. The minimum atomic E-state index is -0.487. The van der Waals surface area contributed by atoms with Gasteiger partial charge in [-0.3, -0.25) is 14.9 Å². The quantitative estimate of drug-likeness (QED) is 0.560. The van der Waals surface area contributed by atoms with Crippen LogP contribution in [0, 0.1) is 24.0 Å². The van der Waals surface area contributed by atoms with Gasteiger partial charge in [0.1, 0.15) is 0 Å². The summed E-state index contributed by atoms with van der Waals surface area (Å²) in [7, 11) is 0. The van der Waals surface area contributed by atoms with Crippen molar-refractivity contribution in [2.24, 2.45) is 0 Å². The molecule has 0 radical (unpaired) electrons. The average Bonchev–Trinajstić information content (AvgIpc) is 2.64. The summed E-state index contributed by atoms with van der Waals surface area (Å²) in [4.78, 5) is 27.4. The number of benzene rings is 2. The standard InChI is InChI=1S/C19H20BrN3O3/c1-13-4-3-5-17(14(13)2)21-8-10-22(11-9-21)19(24)15-6-7-16(20)18(12-15)23(25)26/h3-7,12H,8-11H2,1-2H3. The van der Waals surface area contributed by atoms with Crippen LogP contribution in [-0.2, 0) is 0 Å². The molecule has 0 saturated carbocycles. The first kappa shape index (κ1) is 18.4. The molecule has 1 amide bonds. The van der Waals surface area contributed by atoms with E-state index < -0.39 is 4.92 Å². The van der Waals surface area contributed by atoms with Crippen LogP contribution < -0.4 is 4.90 Å². The van der Waals surface area contributed by atoms with E-state index in [9.17, 15) is 14.9 Å². The molecular weight excluding hydrogens is 398 g/mol. The smallest absolute Gasteiger partial charge is 0.284 e. The number of halogens is 1. The van der Waals surface area contributed by atoms with Gasteiger partial charge in [0, 0.05) is 43.5 Å². The fourth-order valence-corrected chi connectivity index (χ4v) is 3.59. The third-order valence-electron chi connectivity index (χ3n) is 4.87. The molecule has 3 rings (SSSR count). The van der Waals surface area contributed by atoms with Crippen molar-refractivity contribution in [2.45, 2.75) is 13.8 Å². The Labute approximate surface area is 160 Å². The molecule has 1 aliphatic heterocycles. The van der Waals surface area contributed by atoms with Crippen molar-refractivity contribution < 1.29 is 9.72 Å². The molecule has 1 fully saturated rings. The molecule has 1 aliphatic rings. The molecule has 2 aromatic rings. The number of hydrogen-bond donors (Lipinski definition) is 0. The summed E-state index contributed by atoms with van der Waals surface area (Å²) in [6, 6.07) is 10.8. The van der Waals surface area contributed by atoms with Crippen LogP contribution in [0.15, 0.2) is 40.9 Å². The third-order valence-corrected chi connectivity index (χ3v) is 5.54. The number of rotatable bonds is 3. The Morgan fingerprint density at radius 2 is 1.81 bits per heavy atom. The lowest BCUT2D eigenvalue weighted by Gasteiger charge is -2.37. The predicted octanol–water partition coefficient (Wildman–Crippen LogP) is 3.94. The Balaban J connectivity index is 1.72. The minimum absolute atomic E-state index is 0.0927. The van der Waals surface area contributed by atoms with Gasteiger partial charge >= 0.3 is 0 Å². The van der Waals surface area contributed by atoms with Gasteiger partial charge < -0.3 is 9.80 Å². The summed E-state index contributed by atoms with van der Waals surface area (Å²) >= 11 is 3.15. The molecule has 0 aliphatic carbocycles. The van der Waals surface area contributed by atoms with Crippen molar-refractivity contribution in [1.82, 2.24) is 4.90 Å². The van der Waals surface area contributed by atoms with Gasteiger partial charge in [0.25, 0.3) is 11.6 Å². The summed E-state index contributed by atoms with van der Waals surface area (Å²) in [6.45, 7) is 6.89. The number of aryl methyl sites for hydroxylation is 1. The second-order valence-electron chi connectivity index (χ2n) is 6.42. The van der Waals surface area contributed by atoms with E-state index in [-0.39, 0.29) is 11.6 Å². The summed E-state index contributed by atoms with van der Waals surface area (Å²) in [6.07, 6.45) is 0. The molecule has 6 nitrogen and oxygen atoms in total. The normalized spacial score (nSPS) is 14.4. The average molecular weight is 418 g/mol. The first-order valence-corrected chi connectivity index (χ1v) is 9.22. The zero-order valence-corrected chi connectivity index (χ0v) is 16.3. The molecule has 1 saturated heterocycles. The van der Waals surface area contributed by atoms with Crippen molar-refractivity contribution in [3.05, 3.63) is 67.7 Å². The largest absolute Gasteiger partial charge is 0.368 e. The number of carbonyl (C=O) groups is 1. The van der Waals surface area contributed by atoms with E-state index in [2.05, 4.69) is 52.9 Å². The zero-order valence-electron chi connectivity index (χ0n) is 14.7. The summed E-state index contributed by atoms with van der Waals surface area (Å²) in [5, 5.41) is 11.1. The van der Waals surface area contributed by atoms with Crippen LogP contribution in [0.3, 0.4) is 0 Å². The van der Waals surface area contributed by atoms with Crippen LogP contribution >= 0.6 is 15.9 Å². The first-order valence-electron chi connectivity index (χ1n) is 8.43. The lowest BCUT2D eigenvalue weighted by Crippen LogP contribution is -2.49. The van der Waals surface area contributed by atoms with Crippen LogP contribution in [0.5, 0.6) is 0 Å². The highest BCUT2D eigenvalue weighted by Gasteiger charge is 2.25. The molecule has 26 heavy (non-hydrogen) atoms. The second kappa shape index (κ2) is 7.45. The number of anilines is 1. The number of amides is 1. The molecule has 1 heterocycles. The van der Waals surface area contributed by atoms with E-state index in [0.717, 1.165) is 13.1 Å². The number of nitro benzene ring substituents is 1. The van der Waals surface area contributed by atoms with Crippen LogP contribution in [0.2, 0.25) is 0 Å². The van der Waals surface area contributed by atoms with Gasteiger partial charge in [-0.25, -0.2) is 0 Å². The Morgan fingerprint density at radius 1 is 1.12 bits per heavy atom. The van der Waals surface area contributed by atoms with Crippen molar-refractivity contribution in [3.63, 3.8) is 0 Å². The Kier molecular flexibility index (Phi) is 5.27. The third kappa shape index (κ3) is 3.58. The highest BCUT2D eigenvalue weighted by Crippen LogP contribution is 2.27. The molecule has 0 bridgehead atoms. The lowest BCUT2D eigenvalue weighted by atomic mass is 10.1. The van der Waals surface area contributed by atoms with Crippen molar-refractivity contribution in [3.8, 4) is 0 Å².